The second kappa shape index (κ2) is 6.53. The average molecular weight is 320 g/mol. The molecular weight excluding hydrogens is 298 g/mol. The molecule has 5 heteroatoms. The summed E-state index contributed by atoms with van der Waals surface area (Å²) in [6, 6.07) is 5.50. The van der Waals surface area contributed by atoms with E-state index >= 15 is 0 Å². The Balaban J connectivity index is 2.45. The molecule has 0 aliphatic heterocycles. The third-order valence-corrected chi connectivity index (χ3v) is 4.03. The molecule has 4 nitrogen and oxygen atoms in total. The van der Waals surface area contributed by atoms with Gasteiger partial charge in [0.1, 0.15) is 6.04 Å². The van der Waals surface area contributed by atoms with Crippen LogP contribution in [0, 0.1) is 13.8 Å². The van der Waals surface area contributed by atoms with E-state index < -0.39 is 0 Å². The maximum atomic E-state index is 12.3. The van der Waals surface area contributed by atoms with Crippen LogP contribution in [-0.4, -0.2) is 34.7 Å². The zero-order valence-electron chi connectivity index (χ0n) is 13.7. The van der Waals surface area contributed by atoms with Crippen molar-refractivity contribution in [1.29, 1.82) is 0 Å². The number of likely N-dealkylation sites (N-methyl/N-ethyl adjacent to an activating group) is 1. The molecule has 118 valence electrons. The first kappa shape index (κ1) is 16.6. The number of hydrogen-bond donors (Lipinski definition) is 0. The smallest absolute Gasteiger partial charge is 0.246 e. The Morgan fingerprint density at radius 3 is 2.55 bits per heavy atom. The van der Waals surface area contributed by atoms with Crippen LogP contribution in [0.5, 0.6) is 0 Å². The molecule has 0 saturated carbocycles. The van der Waals surface area contributed by atoms with Gasteiger partial charge in [0, 0.05) is 30.9 Å². The largest absolute Gasteiger partial charge is 0.347 e. The van der Waals surface area contributed by atoms with Gasteiger partial charge in [-0.1, -0.05) is 24.6 Å². The van der Waals surface area contributed by atoms with Gasteiger partial charge in [-0.2, -0.15) is 5.10 Å². The van der Waals surface area contributed by atoms with Crippen molar-refractivity contribution in [3.63, 3.8) is 0 Å². The third-order valence-electron chi connectivity index (χ3n) is 3.79. The highest BCUT2D eigenvalue weighted by Crippen LogP contribution is 2.28. The minimum absolute atomic E-state index is 0.0596. The Kier molecular flexibility index (Phi) is 4.91. The van der Waals surface area contributed by atoms with E-state index in [9.17, 15) is 4.79 Å². The molecule has 0 fully saturated rings. The maximum Gasteiger partial charge on any atom is 0.246 e. The first-order valence-electron chi connectivity index (χ1n) is 7.38. The number of carbonyl (C=O) groups is 1. The lowest BCUT2D eigenvalue weighted by molar-refractivity contribution is -0.132. The molecule has 0 spiro atoms. The summed E-state index contributed by atoms with van der Waals surface area (Å²) in [5.41, 5.74) is 4.08. The highest BCUT2D eigenvalue weighted by Gasteiger charge is 2.22. The van der Waals surface area contributed by atoms with Crippen molar-refractivity contribution < 1.29 is 4.79 Å². The summed E-state index contributed by atoms with van der Waals surface area (Å²) in [5.74, 6) is 0.0596. The zero-order valence-corrected chi connectivity index (χ0v) is 14.5. The summed E-state index contributed by atoms with van der Waals surface area (Å²) in [7, 11) is 3.54. The molecule has 0 saturated heterocycles. The number of benzene rings is 1. The van der Waals surface area contributed by atoms with Crippen LogP contribution in [0.4, 0.5) is 0 Å². The molecule has 1 aromatic carbocycles. The summed E-state index contributed by atoms with van der Waals surface area (Å²) >= 11 is 6.02. The fraction of sp³-hybridized carbons (Fsp3) is 0.412. The standard InChI is InChI=1S/C17H22ClN3O/c1-6-15(17(22)20(4)5)21-10-12(3)16(19-21)14-8-7-13(18)9-11(14)2/h7-10,15H,6H2,1-5H3. The van der Waals surface area contributed by atoms with Crippen LogP contribution in [0.25, 0.3) is 11.3 Å². The summed E-state index contributed by atoms with van der Waals surface area (Å²) in [6.07, 6.45) is 2.65. The molecule has 2 aromatic rings. The van der Waals surface area contributed by atoms with Crippen LogP contribution in [0.2, 0.25) is 5.02 Å². The lowest BCUT2D eigenvalue weighted by Crippen LogP contribution is -2.31. The second-order valence-electron chi connectivity index (χ2n) is 5.76. The van der Waals surface area contributed by atoms with Crippen LogP contribution in [0.15, 0.2) is 24.4 Å². The summed E-state index contributed by atoms with van der Waals surface area (Å²) in [4.78, 5) is 13.9. The topological polar surface area (TPSA) is 38.1 Å². The maximum absolute atomic E-state index is 12.3. The molecule has 0 aliphatic rings. The van der Waals surface area contributed by atoms with Crippen LogP contribution >= 0.6 is 11.6 Å². The molecular formula is C17H22ClN3O. The third kappa shape index (κ3) is 3.17. The summed E-state index contributed by atoms with van der Waals surface area (Å²) in [5, 5.41) is 5.39. The van der Waals surface area contributed by atoms with Gasteiger partial charge in [-0.05, 0) is 43.5 Å². The van der Waals surface area contributed by atoms with Gasteiger partial charge < -0.3 is 4.90 Å². The summed E-state index contributed by atoms with van der Waals surface area (Å²) in [6.45, 7) is 6.03. The van der Waals surface area contributed by atoms with E-state index in [1.165, 1.54) is 0 Å². The van der Waals surface area contributed by atoms with E-state index in [-0.39, 0.29) is 11.9 Å². The molecule has 0 aliphatic carbocycles. The van der Waals surface area contributed by atoms with Crippen LogP contribution in [0.1, 0.15) is 30.5 Å². The van der Waals surface area contributed by atoms with E-state index in [4.69, 9.17) is 11.6 Å². The van der Waals surface area contributed by atoms with E-state index in [1.54, 1.807) is 23.7 Å². The van der Waals surface area contributed by atoms with Gasteiger partial charge in [-0.3, -0.25) is 9.48 Å². The first-order chi connectivity index (χ1) is 10.3. The highest BCUT2D eigenvalue weighted by atomic mass is 35.5. The van der Waals surface area contributed by atoms with Gasteiger partial charge in [0.25, 0.3) is 0 Å². The number of halogens is 1. The molecule has 1 unspecified atom stereocenters. The number of carbonyl (C=O) groups excluding carboxylic acids is 1. The van der Waals surface area contributed by atoms with Gasteiger partial charge >= 0.3 is 0 Å². The predicted molar refractivity (Wildman–Crippen MR) is 90.2 cm³/mol. The highest BCUT2D eigenvalue weighted by molar-refractivity contribution is 6.30. The zero-order chi connectivity index (χ0) is 16.4. The van der Waals surface area contributed by atoms with Crippen molar-refractivity contribution in [3.8, 4) is 11.3 Å². The van der Waals surface area contributed by atoms with Crippen LogP contribution < -0.4 is 0 Å². The van der Waals surface area contributed by atoms with E-state index in [0.29, 0.717) is 11.4 Å². The molecule has 0 N–H and O–H groups in total. The van der Waals surface area contributed by atoms with E-state index in [1.807, 2.05) is 45.2 Å². The lowest BCUT2D eigenvalue weighted by atomic mass is 10.0. The van der Waals surface area contributed by atoms with Crippen molar-refractivity contribution in [2.75, 3.05) is 14.1 Å². The molecule has 0 bridgehead atoms. The number of aromatic nitrogens is 2. The number of hydrogen-bond acceptors (Lipinski definition) is 2. The Bertz CT molecular complexity index is 691. The Hall–Kier alpha value is -1.81. The number of amides is 1. The van der Waals surface area contributed by atoms with Crippen molar-refractivity contribution >= 4 is 17.5 Å². The van der Waals surface area contributed by atoms with Crippen molar-refractivity contribution in [2.45, 2.75) is 33.2 Å². The summed E-state index contributed by atoms with van der Waals surface area (Å²) < 4.78 is 1.78. The minimum atomic E-state index is -0.268. The van der Waals surface area contributed by atoms with Crippen LogP contribution in [0.3, 0.4) is 0 Å². The van der Waals surface area contributed by atoms with Crippen molar-refractivity contribution in [1.82, 2.24) is 14.7 Å². The molecule has 1 atom stereocenters. The predicted octanol–water partition coefficient (Wildman–Crippen LogP) is 3.86. The Morgan fingerprint density at radius 1 is 1.32 bits per heavy atom. The van der Waals surface area contributed by atoms with E-state index in [0.717, 1.165) is 22.4 Å². The van der Waals surface area contributed by atoms with E-state index in [2.05, 4.69) is 5.10 Å². The van der Waals surface area contributed by atoms with Crippen molar-refractivity contribution in [3.05, 3.63) is 40.5 Å². The average Bonchev–Trinajstić information content (AvgIpc) is 2.81. The fourth-order valence-corrected chi connectivity index (χ4v) is 2.80. The van der Waals surface area contributed by atoms with Crippen LogP contribution in [-0.2, 0) is 4.79 Å². The van der Waals surface area contributed by atoms with Gasteiger partial charge in [0.15, 0.2) is 0 Å². The molecule has 2 rings (SSSR count). The fourth-order valence-electron chi connectivity index (χ4n) is 2.57. The second-order valence-corrected chi connectivity index (χ2v) is 6.19. The van der Waals surface area contributed by atoms with Gasteiger partial charge in [-0.15, -0.1) is 0 Å². The van der Waals surface area contributed by atoms with Gasteiger partial charge in [0.2, 0.25) is 5.91 Å². The number of nitrogens with zero attached hydrogens (tertiary/aromatic N) is 3. The van der Waals surface area contributed by atoms with Gasteiger partial charge in [0.05, 0.1) is 5.69 Å². The van der Waals surface area contributed by atoms with Crippen molar-refractivity contribution in [2.24, 2.45) is 0 Å². The monoisotopic (exact) mass is 319 g/mol. The SMILES string of the molecule is CCC(C(=O)N(C)C)n1cc(C)c(-c2ccc(Cl)cc2C)n1. The Morgan fingerprint density at radius 2 is 2.00 bits per heavy atom. The Labute approximate surface area is 136 Å². The number of aryl methyl sites for hydroxylation is 2. The molecule has 1 heterocycles. The molecule has 1 amide bonds. The molecule has 0 radical (unpaired) electrons. The molecule has 1 aromatic heterocycles. The minimum Gasteiger partial charge on any atom is -0.347 e. The quantitative estimate of drug-likeness (QED) is 0.858. The molecule has 22 heavy (non-hydrogen) atoms. The lowest BCUT2D eigenvalue weighted by Gasteiger charge is -2.19. The number of rotatable bonds is 4. The normalized spacial score (nSPS) is 12.3. The van der Waals surface area contributed by atoms with Gasteiger partial charge in [-0.25, -0.2) is 0 Å². The first-order valence-corrected chi connectivity index (χ1v) is 7.76.